The summed E-state index contributed by atoms with van der Waals surface area (Å²) >= 11 is 7.33. The van der Waals surface area contributed by atoms with E-state index in [1.165, 1.54) is 21.6 Å². The van der Waals surface area contributed by atoms with Gasteiger partial charge < -0.3 is 0 Å². The molecule has 2 atom stereocenters. The second kappa shape index (κ2) is 4.01. The maximum Gasteiger partial charge on any atom is 0.0587 e. The van der Waals surface area contributed by atoms with Crippen molar-refractivity contribution in [2.75, 3.05) is 0 Å². The van der Waals surface area contributed by atoms with Gasteiger partial charge in [0.25, 0.3) is 0 Å². The van der Waals surface area contributed by atoms with Crippen molar-refractivity contribution in [3.05, 3.63) is 58.5 Å². The normalized spacial score (nSPS) is 26.6. The maximum absolute atomic E-state index is 3.73. The van der Waals surface area contributed by atoms with Crippen LogP contribution in [0, 0.1) is 0 Å². The van der Waals surface area contributed by atoms with Gasteiger partial charge in [-0.05, 0) is 21.6 Å². The van der Waals surface area contributed by atoms with Crippen LogP contribution >= 0.6 is 31.9 Å². The van der Waals surface area contributed by atoms with E-state index in [9.17, 15) is 0 Å². The van der Waals surface area contributed by atoms with Crippen LogP contribution in [0.2, 0.25) is 0 Å². The third-order valence-electron chi connectivity index (χ3n) is 2.97. The molecule has 0 N–H and O–H groups in total. The molecule has 2 unspecified atom stereocenters. The second-order valence-corrected chi connectivity index (χ2v) is 6.04. The lowest BCUT2D eigenvalue weighted by Gasteiger charge is -2.21. The van der Waals surface area contributed by atoms with Crippen LogP contribution in [0.4, 0.5) is 0 Å². The van der Waals surface area contributed by atoms with Crippen LogP contribution in [0.3, 0.4) is 0 Å². The summed E-state index contributed by atoms with van der Waals surface area (Å²) in [5.74, 6) is 0. The van der Waals surface area contributed by atoms with E-state index >= 15 is 0 Å². The molecule has 80 valence electrons. The second-order valence-electron chi connectivity index (χ2n) is 3.99. The van der Waals surface area contributed by atoms with E-state index in [-0.39, 0.29) is 0 Å². The highest BCUT2D eigenvalue weighted by Crippen LogP contribution is 2.30. The molecule has 0 saturated heterocycles. The van der Waals surface area contributed by atoms with Crippen molar-refractivity contribution in [3.8, 4) is 0 Å². The average molecular weight is 338 g/mol. The van der Waals surface area contributed by atoms with Gasteiger partial charge in [0.1, 0.15) is 0 Å². The quantitative estimate of drug-likeness (QED) is 0.638. The van der Waals surface area contributed by atoms with E-state index in [1.54, 1.807) is 0 Å². The first-order valence-electron chi connectivity index (χ1n) is 5.25. The lowest BCUT2D eigenvalue weighted by molar-refractivity contribution is 1.25. The van der Waals surface area contributed by atoms with Gasteiger partial charge >= 0.3 is 0 Å². The molecule has 0 saturated carbocycles. The van der Waals surface area contributed by atoms with Crippen LogP contribution in [-0.4, -0.2) is 9.65 Å². The first-order valence-corrected chi connectivity index (χ1v) is 7.08. The highest BCUT2D eigenvalue weighted by molar-refractivity contribution is 9.10. The molecule has 0 radical (unpaired) electrons. The molecule has 0 aromatic heterocycles. The molecule has 16 heavy (non-hydrogen) atoms. The number of alkyl halides is 2. The molecule has 1 aromatic carbocycles. The van der Waals surface area contributed by atoms with E-state index in [0.29, 0.717) is 9.65 Å². The minimum Gasteiger partial charge on any atom is -0.0799 e. The summed E-state index contributed by atoms with van der Waals surface area (Å²) < 4.78 is 0. The minimum absolute atomic E-state index is 0.322. The van der Waals surface area contributed by atoms with Crippen LogP contribution < -0.4 is 10.4 Å². The molecule has 2 aliphatic carbocycles. The van der Waals surface area contributed by atoms with E-state index in [1.807, 2.05) is 0 Å². The Labute approximate surface area is 111 Å². The van der Waals surface area contributed by atoms with Crippen molar-refractivity contribution in [2.24, 2.45) is 0 Å². The highest BCUT2D eigenvalue weighted by Gasteiger charge is 2.19. The topological polar surface area (TPSA) is 0 Å². The molecule has 0 bridgehead atoms. The molecule has 0 amide bonds. The Morgan fingerprint density at radius 3 is 2.69 bits per heavy atom. The average Bonchev–Trinajstić information content (AvgIpc) is 2.29. The van der Waals surface area contributed by atoms with Crippen LogP contribution in [0.5, 0.6) is 0 Å². The van der Waals surface area contributed by atoms with E-state index in [2.05, 4.69) is 80.4 Å². The molecule has 3 rings (SSSR count). The fourth-order valence-electron chi connectivity index (χ4n) is 2.22. The molecule has 2 heteroatoms. The smallest absolute Gasteiger partial charge is 0.0587 e. The molecule has 0 fully saturated rings. The Kier molecular flexibility index (Phi) is 2.64. The van der Waals surface area contributed by atoms with Crippen LogP contribution in [0.1, 0.15) is 0 Å². The van der Waals surface area contributed by atoms with Gasteiger partial charge in [-0.25, -0.2) is 0 Å². The summed E-state index contributed by atoms with van der Waals surface area (Å²) in [6, 6.07) is 8.54. The number of fused-ring (bicyclic) bond motifs is 2. The minimum atomic E-state index is 0.322. The third-order valence-corrected chi connectivity index (χ3v) is 4.30. The van der Waals surface area contributed by atoms with Gasteiger partial charge in [-0.2, -0.15) is 0 Å². The standard InChI is InChI=1S/C14H10Br2/c15-10-5-6-12-11-4-2-1-3-9(11)7-14(16)13(12)8-10/h1-8,10,14H. The van der Waals surface area contributed by atoms with Gasteiger partial charge in [-0.15, -0.1) is 0 Å². The predicted octanol–water partition coefficient (Wildman–Crippen LogP) is 2.65. The molecule has 0 spiro atoms. The van der Waals surface area contributed by atoms with Crippen molar-refractivity contribution in [1.29, 1.82) is 0 Å². The Balaban J connectivity index is 2.39. The monoisotopic (exact) mass is 336 g/mol. The Morgan fingerprint density at radius 2 is 1.81 bits per heavy atom. The number of allylic oxidation sites excluding steroid dienone is 4. The lowest BCUT2D eigenvalue weighted by atomic mass is 9.90. The van der Waals surface area contributed by atoms with Gasteiger partial charge in [-0.3, -0.25) is 0 Å². The largest absolute Gasteiger partial charge is 0.0799 e. The molecule has 2 aliphatic rings. The fraction of sp³-hybridized carbons (Fsp3) is 0.143. The summed E-state index contributed by atoms with van der Waals surface area (Å²) in [5.41, 5.74) is 2.71. The molecular formula is C14H10Br2. The summed E-state index contributed by atoms with van der Waals surface area (Å²) in [5, 5.41) is 2.65. The summed E-state index contributed by atoms with van der Waals surface area (Å²) in [6.45, 7) is 0. The summed E-state index contributed by atoms with van der Waals surface area (Å²) in [6.07, 6.45) is 8.93. The molecule has 0 nitrogen and oxygen atoms in total. The van der Waals surface area contributed by atoms with Crippen molar-refractivity contribution in [1.82, 2.24) is 0 Å². The van der Waals surface area contributed by atoms with Gasteiger partial charge in [0.05, 0.1) is 9.65 Å². The zero-order valence-electron chi connectivity index (χ0n) is 8.53. The zero-order chi connectivity index (χ0) is 11.1. The first-order chi connectivity index (χ1) is 7.75. The van der Waals surface area contributed by atoms with Gasteiger partial charge in [0.2, 0.25) is 0 Å². The van der Waals surface area contributed by atoms with Crippen molar-refractivity contribution in [2.45, 2.75) is 9.65 Å². The molecular weight excluding hydrogens is 328 g/mol. The predicted molar refractivity (Wildman–Crippen MR) is 76.2 cm³/mol. The Morgan fingerprint density at radius 1 is 1.00 bits per heavy atom. The zero-order valence-corrected chi connectivity index (χ0v) is 11.7. The molecule has 0 heterocycles. The van der Waals surface area contributed by atoms with Crippen LogP contribution in [0.15, 0.2) is 48.1 Å². The Bertz CT molecular complexity index is 608. The van der Waals surface area contributed by atoms with E-state index in [0.717, 1.165) is 0 Å². The third kappa shape index (κ3) is 1.64. The highest BCUT2D eigenvalue weighted by atomic mass is 79.9. The van der Waals surface area contributed by atoms with Crippen molar-refractivity contribution < 1.29 is 0 Å². The number of hydrogen-bond donors (Lipinski definition) is 0. The van der Waals surface area contributed by atoms with Gasteiger partial charge in [0, 0.05) is 0 Å². The summed E-state index contributed by atoms with van der Waals surface area (Å²) in [4.78, 5) is 0.673. The summed E-state index contributed by atoms with van der Waals surface area (Å²) in [7, 11) is 0. The van der Waals surface area contributed by atoms with Crippen LogP contribution in [0.25, 0.3) is 11.6 Å². The maximum atomic E-state index is 3.73. The number of hydrogen-bond acceptors (Lipinski definition) is 0. The van der Waals surface area contributed by atoms with Gasteiger partial charge in [-0.1, -0.05) is 80.4 Å². The van der Waals surface area contributed by atoms with Gasteiger partial charge in [0.15, 0.2) is 0 Å². The van der Waals surface area contributed by atoms with E-state index < -0.39 is 0 Å². The SMILES string of the molecule is BrC1C=CC2=c3ccccc3=CC(Br)C2=C1. The number of halogens is 2. The molecule has 0 aliphatic heterocycles. The number of benzene rings is 1. The first kappa shape index (κ1) is 10.5. The number of rotatable bonds is 0. The van der Waals surface area contributed by atoms with E-state index in [4.69, 9.17) is 0 Å². The van der Waals surface area contributed by atoms with Crippen molar-refractivity contribution >= 4 is 43.5 Å². The fourth-order valence-corrected chi connectivity index (χ4v) is 3.34. The molecule has 1 aromatic rings. The lowest BCUT2D eigenvalue weighted by Crippen LogP contribution is -2.33. The Hall–Kier alpha value is -0.600. The van der Waals surface area contributed by atoms with Crippen molar-refractivity contribution in [3.63, 3.8) is 0 Å². The van der Waals surface area contributed by atoms with Crippen LogP contribution in [-0.2, 0) is 0 Å².